The third-order valence-corrected chi connectivity index (χ3v) is 5.97. The molecule has 164 valence electrons. The highest BCUT2D eigenvalue weighted by Gasteiger charge is 2.38. The van der Waals surface area contributed by atoms with Gasteiger partial charge in [0.2, 0.25) is 0 Å². The maximum atomic E-state index is 13.5. The van der Waals surface area contributed by atoms with Crippen LogP contribution in [0, 0.1) is 6.92 Å². The molecular formula is C22H17ClN8O2. The SMILES string of the molecule is Cc1cccc(-c2nnc(C(=O)N3CCc4[nH]cnc4[C@H]3c3cc4c(Cl)cccn4n3)o2)n1. The van der Waals surface area contributed by atoms with Gasteiger partial charge in [0, 0.05) is 30.6 Å². The van der Waals surface area contributed by atoms with E-state index in [1.165, 1.54) is 0 Å². The third kappa shape index (κ3) is 3.26. The maximum absolute atomic E-state index is 13.5. The Morgan fingerprint density at radius 1 is 1.24 bits per heavy atom. The summed E-state index contributed by atoms with van der Waals surface area (Å²) in [5, 5.41) is 13.3. The van der Waals surface area contributed by atoms with E-state index in [9.17, 15) is 4.79 Å². The summed E-state index contributed by atoms with van der Waals surface area (Å²) in [5.41, 5.74) is 4.41. The molecule has 5 aromatic rings. The van der Waals surface area contributed by atoms with Crippen molar-refractivity contribution >= 4 is 23.0 Å². The average Bonchev–Trinajstić information content (AvgIpc) is 3.57. The van der Waals surface area contributed by atoms with Gasteiger partial charge in [0.05, 0.1) is 28.3 Å². The van der Waals surface area contributed by atoms with Crippen LogP contribution in [0.5, 0.6) is 0 Å². The summed E-state index contributed by atoms with van der Waals surface area (Å²) in [6.45, 7) is 2.30. The normalized spacial score (nSPS) is 15.7. The lowest BCUT2D eigenvalue weighted by atomic mass is 9.99. The van der Waals surface area contributed by atoms with E-state index in [0.29, 0.717) is 29.4 Å². The van der Waals surface area contributed by atoms with Gasteiger partial charge in [0.15, 0.2) is 0 Å². The first kappa shape index (κ1) is 19.6. The van der Waals surface area contributed by atoms with Crippen LogP contribution >= 0.6 is 11.6 Å². The second-order valence-corrected chi connectivity index (χ2v) is 8.16. The topological polar surface area (TPSA) is 118 Å². The number of nitrogens with one attached hydrogen (secondary N) is 1. The molecule has 0 aliphatic carbocycles. The molecule has 0 aromatic carbocycles. The number of aromatic nitrogens is 7. The van der Waals surface area contributed by atoms with Crippen LogP contribution in [0.1, 0.15) is 39.5 Å². The fourth-order valence-corrected chi connectivity index (χ4v) is 4.34. The van der Waals surface area contributed by atoms with Gasteiger partial charge in [-0.1, -0.05) is 17.7 Å². The zero-order valence-electron chi connectivity index (χ0n) is 17.4. The van der Waals surface area contributed by atoms with Crippen LogP contribution in [-0.4, -0.2) is 52.1 Å². The lowest BCUT2D eigenvalue weighted by Gasteiger charge is -2.32. The van der Waals surface area contributed by atoms with Crippen molar-refractivity contribution in [2.24, 2.45) is 0 Å². The lowest BCUT2D eigenvalue weighted by molar-refractivity contribution is 0.0646. The predicted octanol–water partition coefficient (Wildman–Crippen LogP) is 3.25. The molecule has 6 heterocycles. The van der Waals surface area contributed by atoms with Crippen LogP contribution in [0.3, 0.4) is 0 Å². The molecule has 0 fully saturated rings. The summed E-state index contributed by atoms with van der Waals surface area (Å²) >= 11 is 6.35. The van der Waals surface area contributed by atoms with Gasteiger partial charge in [-0.25, -0.2) is 14.5 Å². The molecule has 6 rings (SSSR count). The second kappa shape index (κ2) is 7.52. The molecule has 1 amide bonds. The summed E-state index contributed by atoms with van der Waals surface area (Å²) in [6, 6.07) is 10.4. The highest BCUT2D eigenvalue weighted by atomic mass is 35.5. The van der Waals surface area contributed by atoms with Crippen LogP contribution in [0.2, 0.25) is 5.02 Å². The van der Waals surface area contributed by atoms with Crippen molar-refractivity contribution in [3.05, 3.63) is 82.6 Å². The maximum Gasteiger partial charge on any atom is 0.312 e. The fraction of sp³-hybridized carbons (Fsp3) is 0.182. The number of aryl methyl sites for hydroxylation is 1. The van der Waals surface area contributed by atoms with E-state index in [1.807, 2.05) is 37.4 Å². The molecule has 1 aliphatic rings. The van der Waals surface area contributed by atoms with E-state index in [1.54, 1.807) is 27.9 Å². The summed E-state index contributed by atoms with van der Waals surface area (Å²) < 4.78 is 7.41. The number of pyridine rings is 2. The number of hydrogen-bond acceptors (Lipinski definition) is 7. The molecule has 0 saturated carbocycles. The van der Waals surface area contributed by atoms with Crippen molar-refractivity contribution < 1.29 is 9.21 Å². The first-order valence-corrected chi connectivity index (χ1v) is 10.7. The van der Waals surface area contributed by atoms with Gasteiger partial charge in [0.25, 0.3) is 5.89 Å². The first-order valence-electron chi connectivity index (χ1n) is 10.3. The molecule has 1 aliphatic heterocycles. The number of H-pyrrole nitrogens is 1. The zero-order chi connectivity index (χ0) is 22.5. The first-order chi connectivity index (χ1) is 16.1. The molecule has 33 heavy (non-hydrogen) atoms. The summed E-state index contributed by atoms with van der Waals surface area (Å²) in [5.74, 6) is -0.321. The van der Waals surface area contributed by atoms with E-state index >= 15 is 0 Å². The number of aromatic amines is 1. The Balaban J connectivity index is 1.40. The molecule has 0 unspecified atom stereocenters. The van der Waals surface area contributed by atoms with Crippen LogP contribution in [0.4, 0.5) is 0 Å². The minimum Gasteiger partial charge on any atom is -0.411 e. The summed E-state index contributed by atoms with van der Waals surface area (Å²) in [6.07, 6.45) is 4.05. The van der Waals surface area contributed by atoms with E-state index in [4.69, 9.17) is 16.0 Å². The molecule has 5 aromatic heterocycles. The number of halogens is 1. The van der Waals surface area contributed by atoms with E-state index in [0.717, 1.165) is 22.6 Å². The quantitative estimate of drug-likeness (QED) is 0.439. The molecule has 0 radical (unpaired) electrons. The Hall–Kier alpha value is -4.05. The molecule has 0 spiro atoms. The minimum absolute atomic E-state index is 0.112. The molecule has 1 N–H and O–H groups in total. The smallest absolute Gasteiger partial charge is 0.312 e. The van der Waals surface area contributed by atoms with Crippen molar-refractivity contribution in [2.75, 3.05) is 6.54 Å². The molecule has 1 atom stereocenters. The number of hydrogen-bond donors (Lipinski definition) is 1. The Morgan fingerprint density at radius 2 is 2.15 bits per heavy atom. The van der Waals surface area contributed by atoms with Gasteiger partial charge in [0.1, 0.15) is 11.7 Å². The monoisotopic (exact) mass is 460 g/mol. The van der Waals surface area contributed by atoms with Crippen LogP contribution in [-0.2, 0) is 6.42 Å². The number of nitrogens with zero attached hydrogens (tertiary/aromatic N) is 7. The van der Waals surface area contributed by atoms with Crippen LogP contribution in [0.15, 0.2) is 53.3 Å². The van der Waals surface area contributed by atoms with Crippen LogP contribution in [0.25, 0.3) is 17.1 Å². The van der Waals surface area contributed by atoms with Crippen molar-refractivity contribution in [1.82, 2.24) is 39.7 Å². The Bertz CT molecular complexity index is 1500. The highest BCUT2D eigenvalue weighted by molar-refractivity contribution is 6.33. The molecule has 0 saturated heterocycles. The number of carbonyl (C=O) groups excluding carboxylic acids is 1. The molecule has 10 nitrogen and oxygen atoms in total. The second-order valence-electron chi connectivity index (χ2n) is 7.75. The summed E-state index contributed by atoms with van der Waals surface area (Å²) in [4.78, 5) is 27.2. The number of carbonyl (C=O) groups is 1. The fourth-order valence-electron chi connectivity index (χ4n) is 4.13. The van der Waals surface area contributed by atoms with E-state index < -0.39 is 11.9 Å². The van der Waals surface area contributed by atoms with Gasteiger partial charge in [-0.3, -0.25) is 4.79 Å². The summed E-state index contributed by atoms with van der Waals surface area (Å²) in [7, 11) is 0. The van der Waals surface area contributed by atoms with Crippen molar-refractivity contribution in [3.63, 3.8) is 0 Å². The zero-order valence-corrected chi connectivity index (χ0v) is 18.2. The van der Waals surface area contributed by atoms with Crippen molar-refractivity contribution in [2.45, 2.75) is 19.4 Å². The Morgan fingerprint density at radius 3 is 3.00 bits per heavy atom. The molecule has 0 bridgehead atoms. The van der Waals surface area contributed by atoms with Gasteiger partial charge in [-0.2, -0.15) is 5.10 Å². The average molecular weight is 461 g/mol. The largest absolute Gasteiger partial charge is 0.411 e. The van der Waals surface area contributed by atoms with Crippen molar-refractivity contribution in [3.8, 4) is 11.6 Å². The molecular weight excluding hydrogens is 444 g/mol. The number of imidazole rings is 1. The lowest BCUT2D eigenvalue weighted by Crippen LogP contribution is -2.41. The Kier molecular flexibility index (Phi) is 4.47. The highest BCUT2D eigenvalue weighted by Crippen LogP contribution is 2.35. The van der Waals surface area contributed by atoms with Crippen molar-refractivity contribution in [1.29, 1.82) is 0 Å². The molecule has 11 heteroatoms. The Labute approximate surface area is 192 Å². The van der Waals surface area contributed by atoms with Gasteiger partial charge in [-0.05, 0) is 37.3 Å². The van der Waals surface area contributed by atoms with Gasteiger partial charge < -0.3 is 14.3 Å². The number of amides is 1. The van der Waals surface area contributed by atoms with Gasteiger partial charge in [-0.15, -0.1) is 10.2 Å². The number of fused-ring (bicyclic) bond motifs is 2. The van der Waals surface area contributed by atoms with Crippen LogP contribution < -0.4 is 0 Å². The minimum atomic E-state index is -0.532. The predicted molar refractivity (Wildman–Crippen MR) is 118 cm³/mol. The third-order valence-electron chi connectivity index (χ3n) is 5.65. The van der Waals surface area contributed by atoms with E-state index in [-0.39, 0.29) is 11.8 Å². The number of rotatable bonds is 3. The standard InChI is InChI=1S/C22H17ClN8O2/c1-12-4-2-6-15(26-12)20-27-28-21(33-20)22(32)30-9-7-14-18(25-11-24-14)19(30)16-10-17-13(23)5-3-8-31(17)29-16/h2-6,8,10-11,19H,7,9H2,1H3,(H,24,25)/t19-/m1/s1. The van der Waals surface area contributed by atoms with E-state index in [2.05, 4.69) is 30.2 Å². The van der Waals surface area contributed by atoms with Gasteiger partial charge >= 0.3 is 11.8 Å².